The average molecular weight is 344 g/mol. The molecule has 0 unspecified atom stereocenters. The van der Waals surface area contributed by atoms with Gasteiger partial charge in [0.2, 0.25) is 0 Å². The number of methoxy groups -OCH3 is 1. The van der Waals surface area contributed by atoms with Crippen LogP contribution in [0.5, 0.6) is 5.75 Å². The molecule has 0 bridgehead atoms. The molecule has 0 aliphatic heterocycles. The van der Waals surface area contributed by atoms with Crippen molar-refractivity contribution in [3.05, 3.63) is 72.4 Å². The van der Waals surface area contributed by atoms with Gasteiger partial charge in [-0.2, -0.15) is 0 Å². The molecule has 0 spiro atoms. The van der Waals surface area contributed by atoms with Gasteiger partial charge in [0.1, 0.15) is 17.0 Å². The Balaban J connectivity index is 1.87. The van der Waals surface area contributed by atoms with Crippen molar-refractivity contribution in [2.45, 2.75) is 0 Å². The van der Waals surface area contributed by atoms with E-state index in [9.17, 15) is 4.79 Å². The minimum absolute atomic E-state index is 0.307. The highest BCUT2D eigenvalue weighted by Gasteiger charge is 2.15. The predicted molar refractivity (Wildman–Crippen MR) is 100.0 cm³/mol. The molecule has 26 heavy (non-hydrogen) atoms. The number of ether oxygens (including phenoxy) is 1. The number of amides is 1. The molecule has 2 heterocycles. The Kier molecular flexibility index (Phi) is 3.89. The third-order valence-corrected chi connectivity index (χ3v) is 4.25. The van der Waals surface area contributed by atoms with Gasteiger partial charge in [-0.25, -0.2) is 0 Å². The first kappa shape index (κ1) is 15.9. The Morgan fingerprint density at radius 1 is 1.04 bits per heavy atom. The molecule has 0 radical (unpaired) electrons. The topological polar surface area (TPSA) is 78.3 Å². The molecular formula is C21H16N2O3. The van der Waals surface area contributed by atoms with E-state index in [0.717, 1.165) is 22.2 Å². The van der Waals surface area contributed by atoms with Crippen molar-refractivity contribution in [3.8, 4) is 28.2 Å². The summed E-state index contributed by atoms with van der Waals surface area (Å²) in [5, 5.41) is 0. The molecule has 4 aromatic rings. The lowest BCUT2D eigenvalue weighted by Crippen LogP contribution is -2.12. The Labute approximate surface area is 150 Å². The van der Waals surface area contributed by atoms with Gasteiger partial charge < -0.3 is 14.9 Å². The number of furan rings is 1. The zero-order valence-electron chi connectivity index (χ0n) is 14.1. The Bertz CT molecular complexity index is 1100. The van der Waals surface area contributed by atoms with Gasteiger partial charge >= 0.3 is 0 Å². The van der Waals surface area contributed by atoms with Crippen LogP contribution in [0.25, 0.3) is 33.6 Å². The molecule has 5 nitrogen and oxygen atoms in total. The summed E-state index contributed by atoms with van der Waals surface area (Å²) in [7, 11) is 1.50. The summed E-state index contributed by atoms with van der Waals surface area (Å²) in [5.41, 5.74) is 9.95. The minimum atomic E-state index is -0.553. The van der Waals surface area contributed by atoms with Gasteiger partial charge in [-0.3, -0.25) is 9.78 Å². The number of carbonyl (C=O) groups excluding carboxylic acids is 1. The van der Waals surface area contributed by atoms with E-state index in [-0.39, 0.29) is 0 Å². The molecular weight excluding hydrogens is 328 g/mol. The molecule has 2 aromatic heterocycles. The molecule has 0 aliphatic rings. The largest absolute Gasteiger partial charge is 0.496 e. The Morgan fingerprint density at radius 2 is 1.85 bits per heavy atom. The predicted octanol–water partition coefficient (Wildman–Crippen LogP) is 4.27. The first-order valence-electron chi connectivity index (χ1n) is 8.09. The lowest BCUT2D eigenvalue weighted by atomic mass is 10.1. The van der Waals surface area contributed by atoms with Crippen molar-refractivity contribution >= 4 is 17.0 Å². The second kappa shape index (κ2) is 6.37. The lowest BCUT2D eigenvalue weighted by Gasteiger charge is -2.06. The SMILES string of the molecule is COc1ccc(-c2cc3nccc(-c4ccccc4)c3o2)cc1C(N)=O. The molecule has 128 valence electrons. The van der Waals surface area contributed by atoms with Gasteiger partial charge in [-0.05, 0) is 29.8 Å². The zero-order valence-corrected chi connectivity index (χ0v) is 14.1. The van der Waals surface area contributed by atoms with Crippen LogP contribution in [-0.4, -0.2) is 18.0 Å². The zero-order chi connectivity index (χ0) is 18.1. The molecule has 0 saturated carbocycles. The summed E-state index contributed by atoms with van der Waals surface area (Å²) in [5.74, 6) is 0.490. The third kappa shape index (κ3) is 2.69. The number of primary amides is 1. The van der Waals surface area contributed by atoms with Crippen molar-refractivity contribution in [1.29, 1.82) is 0 Å². The number of fused-ring (bicyclic) bond motifs is 1. The van der Waals surface area contributed by atoms with Crippen LogP contribution in [0, 0.1) is 0 Å². The van der Waals surface area contributed by atoms with E-state index < -0.39 is 5.91 Å². The van der Waals surface area contributed by atoms with Crippen LogP contribution in [0.1, 0.15) is 10.4 Å². The van der Waals surface area contributed by atoms with Crippen LogP contribution in [0.2, 0.25) is 0 Å². The number of pyridine rings is 1. The number of rotatable bonds is 4. The van der Waals surface area contributed by atoms with Gasteiger partial charge in [0.05, 0.1) is 12.7 Å². The van der Waals surface area contributed by atoms with Gasteiger partial charge in [0.15, 0.2) is 5.58 Å². The molecule has 0 fully saturated rings. The standard InChI is InChI=1S/C21H16N2O3/c1-25-18-8-7-14(11-16(18)21(22)24)19-12-17-20(26-19)15(9-10-23-17)13-5-3-2-4-6-13/h2-12H,1H3,(H2,22,24). The summed E-state index contributed by atoms with van der Waals surface area (Å²) in [4.78, 5) is 16.1. The molecule has 0 atom stereocenters. The van der Waals surface area contributed by atoms with E-state index in [1.807, 2.05) is 48.5 Å². The number of carbonyl (C=O) groups is 1. The van der Waals surface area contributed by atoms with E-state index in [0.29, 0.717) is 22.7 Å². The van der Waals surface area contributed by atoms with E-state index in [1.54, 1.807) is 18.3 Å². The van der Waals surface area contributed by atoms with Crippen LogP contribution in [0.4, 0.5) is 0 Å². The molecule has 2 aromatic carbocycles. The molecule has 0 saturated heterocycles. The minimum Gasteiger partial charge on any atom is -0.496 e. The van der Waals surface area contributed by atoms with E-state index in [2.05, 4.69) is 4.98 Å². The fraction of sp³-hybridized carbons (Fsp3) is 0.0476. The summed E-state index contributed by atoms with van der Waals surface area (Å²) in [6.07, 6.45) is 1.76. The van der Waals surface area contributed by atoms with E-state index in [4.69, 9.17) is 14.9 Å². The molecule has 5 heteroatoms. The van der Waals surface area contributed by atoms with Crippen LogP contribution in [0.15, 0.2) is 71.3 Å². The van der Waals surface area contributed by atoms with Crippen LogP contribution in [-0.2, 0) is 0 Å². The van der Waals surface area contributed by atoms with E-state index in [1.165, 1.54) is 7.11 Å². The van der Waals surface area contributed by atoms with Crippen molar-refractivity contribution < 1.29 is 13.9 Å². The van der Waals surface area contributed by atoms with Crippen LogP contribution < -0.4 is 10.5 Å². The third-order valence-electron chi connectivity index (χ3n) is 4.25. The molecule has 1 amide bonds. The number of aromatic nitrogens is 1. The number of nitrogens with two attached hydrogens (primary N) is 1. The van der Waals surface area contributed by atoms with Gasteiger partial charge in [-0.15, -0.1) is 0 Å². The summed E-state index contributed by atoms with van der Waals surface area (Å²) < 4.78 is 11.3. The highest BCUT2D eigenvalue weighted by molar-refractivity contribution is 5.97. The highest BCUT2D eigenvalue weighted by Crippen LogP contribution is 2.34. The van der Waals surface area contributed by atoms with Gasteiger partial charge in [-0.1, -0.05) is 30.3 Å². The maximum absolute atomic E-state index is 11.7. The van der Waals surface area contributed by atoms with Crippen molar-refractivity contribution in [1.82, 2.24) is 4.98 Å². The number of benzene rings is 2. The van der Waals surface area contributed by atoms with E-state index >= 15 is 0 Å². The normalized spacial score (nSPS) is 10.8. The lowest BCUT2D eigenvalue weighted by molar-refractivity contribution is 0.0997. The first-order valence-corrected chi connectivity index (χ1v) is 8.09. The average Bonchev–Trinajstić information content (AvgIpc) is 3.12. The van der Waals surface area contributed by atoms with Crippen LogP contribution >= 0.6 is 0 Å². The van der Waals surface area contributed by atoms with Crippen LogP contribution in [0.3, 0.4) is 0 Å². The number of hydrogen-bond acceptors (Lipinski definition) is 4. The van der Waals surface area contributed by atoms with Crippen molar-refractivity contribution in [3.63, 3.8) is 0 Å². The first-order chi connectivity index (χ1) is 12.7. The second-order valence-electron chi connectivity index (χ2n) is 5.83. The summed E-state index contributed by atoms with van der Waals surface area (Å²) in [6, 6.07) is 19.0. The summed E-state index contributed by atoms with van der Waals surface area (Å²) >= 11 is 0. The van der Waals surface area contributed by atoms with Gasteiger partial charge in [0.25, 0.3) is 5.91 Å². The number of nitrogens with zero attached hydrogens (tertiary/aromatic N) is 1. The monoisotopic (exact) mass is 344 g/mol. The number of hydrogen-bond donors (Lipinski definition) is 1. The fourth-order valence-electron chi connectivity index (χ4n) is 2.98. The maximum Gasteiger partial charge on any atom is 0.252 e. The van der Waals surface area contributed by atoms with Crippen molar-refractivity contribution in [2.75, 3.05) is 7.11 Å². The Hall–Kier alpha value is -3.60. The molecule has 0 aliphatic carbocycles. The Morgan fingerprint density at radius 3 is 2.58 bits per heavy atom. The maximum atomic E-state index is 11.7. The molecule has 2 N–H and O–H groups in total. The second-order valence-corrected chi connectivity index (χ2v) is 5.83. The fourth-order valence-corrected chi connectivity index (χ4v) is 2.98. The molecule has 4 rings (SSSR count). The summed E-state index contributed by atoms with van der Waals surface area (Å²) in [6.45, 7) is 0. The smallest absolute Gasteiger partial charge is 0.252 e. The van der Waals surface area contributed by atoms with Gasteiger partial charge in [0, 0.05) is 23.4 Å². The van der Waals surface area contributed by atoms with Crippen molar-refractivity contribution in [2.24, 2.45) is 5.73 Å². The highest BCUT2D eigenvalue weighted by atomic mass is 16.5. The quantitative estimate of drug-likeness (QED) is 0.600.